The Labute approximate surface area is 126 Å². The first-order valence-corrected chi connectivity index (χ1v) is 8.88. The van der Waals surface area contributed by atoms with E-state index in [4.69, 9.17) is 4.42 Å². The van der Waals surface area contributed by atoms with Crippen molar-refractivity contribution in [1.29, 1.82) is 0 Å². The van der Waals surface area contributed by atoms with Gasteiger partial charge in [0.2, 0.25) is 5.09 Å². The molecule has 1 saturated heterocycles. The zero-order valence-electron chi connectivity index (χ0n) is 12.9. The van der Waals surface area contributed by atoms with Crippen molar-refractivity contribution in [3.05, 3.63) is 17.9 Å². The molecule has 0 amide bonds. The molecule has 1 aromatic rings. The van der Waals surface area contributed by atoms with Crippen LogP contribution in [0.25, 0.3) is 0 Å². The summed E-state index contributed by atoms with van der Waals surface area (Å²) in [6, 6.07) is 3.51. The largest absolute Gasteiger partial charge is 0.447 e. The molecule has 1 unspecified atom stereocenters. The summed E-state index contributed by atoms with van der Waals surface area (Å²) < 4.78 is 32.8. The predicted octanol–water partition coefficient (Wildman–Crippen LogP) is 1.15. The molecule has 1 fully saturated rings. The van der Waals surface area contributed by atoms with E-state index in [1.54, 1.807) is 6.07 Å². The Morgan fingerprint density at radius 3 is 2.86 bits per heavy atom. The molecule has 2 rings (SSSR count). The van der Waals surface area contributed by atoms with Crippen LogP contribution >= 0.6 is 0 Å². The first kappa shape index (κ1) is 16.5. The molecule has 1 aliphatic rings. The second kappa shape index (κ2) is 6.91. The number of rotatable bonds is 6. The fraction of sp³-hybridized carbons (Fsp3) is 0.714. The minimum Gasteiger partial charge on any atom is -0.447 e. The molecule has 2 heterocycles. The summed E-state index contributed by atoms with van der Waals surface area (Å²) in [5.41, 5.74) is 0. The Balaban J connectivity index is 1.98. The van der Waals surface area contributed by atoms with Gasteiger partial charge in [0.05, 0.1) is 6.54 Å². The molecule has 1 aliphatic heterocycles. The Bertz CT molecular complexity index is 554. The van der Waals surface area contributed by atoms with Crippen molar-refractivity contribution in [2.24, 2.45) is 0 Å². The SMILES string of the molecule is CC(C)NCc1ccc(S(=O)(=O)NC2CCCN(C)C2)o1. The van der Waals surface area contributed by atoms with Crippen LogP contribution in [0, 0.1) is 0 Å². The van der Waals surface area contributed by atoms with Crippen molar-refractivity contribution >= 4 is 10.0 Å². The summed E-state index contributed by atoms with van der Waals surface area (Å²) in [5, 5.41) is 3.19. The van der Waals surface area contributed by atoms with Gasteiger partial charge in [-0.3, -0.25) is 0 Å². The smallest absolute Gasteiger partial charge is 0.274 e. The number of furan rings is 1. The van der Waals surface area contributed by atoms with Crippen LogP contribution in [0.15, 0.2) is 21.6 Å². The third-order valence-electron chi connectivity index (χ3n) is 3.53. The monoisotopic (exact) mass is 315 g/mol. The molecule has 1 aromatic heterocycles. The fourth-order valence-corrected chi connectivity index (χ4v) is 3.65. The molecular weight excluding hydrogens is 290 g/mol. The number of nitrogens with zero attached hydrogens (tertiary/aromatic N) is 1. The number of sulfonamides is 1. The number of likely N-dealkylation sites (N-methyl/N-ethyl adjacent to an activating group) is 1. The minimum atomic E-state index is -3.57. The molecule has 0 bridgehead atoms. The van der Waals surface area contributed by atoms with Gasteiger partial charge in [-0.15, -0.1) is 0 Å². The lowest BCUT2D eigenvalue weighted by Gasteiger charge is -2.29. The lowest BCUT2D eigenvalue weighted by molar-refractivity contribution is 0.241. The molecule has 0 spiro atoms. The summed E-state index contributed by atoms with van der Waals surface area (Å²) >= 11 is 0. The second-order valence-electron chi connectivity index (χ2n) is 5.98. The van der Waals surface area contributed by atoms with Gasteiger partial charge in [0.25, 0.3) is 10.0 Å². The second-order valence-corrected chi connectivity index (χ2v) is 7.62. The summed E-state index contributed by atoms with van der Waals surface area (Å²) in [7, 11) is -1.57. The van der Waals surface area contributed by atoms with Crippen molar-refractivity contribution in [2.45, 2.75) is 50.4 Å². The van der Waals surface area contributed by atoms with Gasteiger partial charge in [0.1, 0.15) is 5.76 Å². The van der Waals surface area contributed by atoms with Crippen molar-refractivity contribution in [1.82, 2.24) is 14.9 Å². The zero-order chi connectivity index (χ0) is 15.5. The highest BCUT2D eigenvalue weighted by Gasteiger charge is 2.26. The third-order valence-corrected chi connectivity index (χ3v) is 4.93. The molecule has 0 saturated carbocycles. The number of hydrogen-bond acceptors (Lipinski definition) is 5. The summed E-state index contributed by atoms with van der Waals surface area (Å²) in [6.07, 6.45) is 1.87. The van der Waals surface area contributed by atoms with Gasteiger partial charge in [-0.05, 0) is 38.6 Å². The zero-order valence-corrected chi connectivity index (χ0v) is 13.7. The third kappa shape index (κ3) is 4.81. The summed E-state index contributed by atoms with van der Waals surface area (Å²) in [6.45, 7) is 6.34. The van der Waals surface area contributed by atoms with Crippen LogP contribution in [-0.4, -0.2) is 45.5 Å². The van der Waals surface area contributed by atoms with E-state index in [0.29, 0.717) is 18.3 Å². The predicted molar refractivity (Wildman–Crippen MR) is 81.5 cm³/mol. The van der Waals surface area contributed by atoms with Crippen LogP contribution < -0.4 is 10.0 Å². The number of piperidine rings is 1. The van der Waals surface area contributed by atoms with E-state index >= 15 is 0 Å². The molecule has 21 heavy (non-hydrogen) atoms. The summed E-state index contributed by atoms with van der Waals surface area (Å²) in [5.74, 6) is 0.629. The number of likely N-dealkylation sites (tertiary alicyclic amines) is 1. The lowest BCUT2D eigenvalue weighted by Crippen LogP contribution is -2.46. The molecule has 0 aromatic carbocycles. The highest BCUT2D eigenvalue weighted by Crippen LogP contribution is 2.16. The van der Waals surface area contributed by atoms with Gasteiger partial charge in [-0.2, -0.15) is 0 Å². The standard InChI is InChI=1S/C14H25N3O3S/c1-11(2)15-9-13-6-7-14(20-13)21(18,19)16-12-5-4-8-17(3)10-12/h6-7,11-12,15-16H,4-5,8-10H2,1-3H3. The molecular formula is C14H25N3O3S. The van der Waals surface area contributed by atoms with Crippen LogP contribution in [0.3, 0.4) is 0 Å². The van der Waals surface area contributed by atoms with Gasteiger partial charge in [-0.1, -0.05) is 13.8 Å². The number of hydrogen-bond donors (Lipinski definition) is 2. The quantitative estimate of drug-likeness (QED) is 0.824. The maximum Gasteiger partial charge on any atom is 0.274 e. The van der Waals surface area contributed by atoms with Crippen LogP contribution in [0.5, 0.6) is 0 Å². The molecule has 1 atom stereocenters. The molecule has 0 radical (unpaired) electrons. The Morgan fingerprint density at radius 2 is 2.19 bits per heavy atom. The first-order valence-electron chi connectivity index (χ1n) is 7.40. The molecule has 120 valence electrons. The average Bonchev–Trinajstić information content (AvgIpc) is 2.85. The Hall–Kier alpha value is -0.890. The van der Waals surface area contributed by atoms with Crippen molar-refractivity contribution < 1.29 is 12.8 Å². The van der Waals surface area contributed by atoms with Crippen LogP contribution in [0.1, 0.15) is 32.4 Å². The van der Waals surface area contributed by atoms with Crippen LogP contribution in [-0.2, 0) is 16.6 Å². The van der Waals surface area contributed by atoms with Crippen molar-refractivity contribution in [3.63, 3.8) is 0 Å². The molecule has 7 heteroatoms. The van der Waals surface area contributed by atoms with Crippen LogP contribution in [0.4, 0.5) is 0 Å². The molecule has 0 aliphatic carbocycles. The molecule has 6 nitrogen and oxygen atoms in total. The van der Waals surface area contributed by atoms with Crippen molar-refractivity contribution in [3.8, 4) is 0 Å². The van der Waals surface area contributed by atoms with E-state index in [9.17, 15) is 8.42 Å². The van der Waals surface area contributed by atoms with Crippen molar-refractivity contribution in [2.75, 3.05) is 20.1 Å². The van der Waals surface area contributed by atoms with E-state index in [-0.39, 0.29) is 11.1 Å². The van der Waals surface area contributed by atoms with Gasteiger partial charge in [-0.25, -0.2) is 13.1 Å². The van der Waals surface area contributed by atoms with Crippen LogP contribution in [0.2, 0.25) is 0 Å². The topological polar surface area (TPSA) is 74.6 Å². The highest BCUT2D eigenvalue weighted by atomic mass is 32.2. The maximum absolute atomic E-state index is 12.3. The molecule has 2 N–H and O–H groups in total. The van der Waals surface area contributed by atoms with E-state index < -0.39 is 10.0 Å². The Morgan fingerprint density at radius 1 is 1.43 bits per heavy atom. The van der Waals surface area contributed by atoms with Gasteiger partial charge in [0.15, 0.2) is 0 Å². The lowest BCUT2D eigenvalue weighted by atomic mass is 10.1. The van der Waals surface area contributed by atoms with Gasteiger partial charge in [0, 0.05) is 18.6 Å². The summed E-state index contributed by atoms with van der Waals surface area (Å²) in [4.78, 5) is 2.14. The van der Waals surface area contributed by atoms with E-state index in [0.717, 1.165) is 25.9 Å². The van der Waals surface area contributed by atoms with E-state index in [1.807, 2.05) is 20.9 Å². The average molecular weight is 315 g/mol. The fourth-order valence-electron chi connectivity index (χ4n) is 2.44. The first-order chi connectivity index (χ1) is 9.87. The van der Waals surface area contributed by atoms with Gasteiger partial charge >= 0.3 is 0 Å². The Kier molecular flexibility index (Phi) is 5.43. The minimum absolute atomic E-state index is 0.00344. The van der Waals surface area contributed by atoms with E-state index in [2.05, 4.69) is 14.9 Å². The number of nitrogens with one attached hydrogen (secondary N) is 2. The van der Waals surface area contributed by atoms with Gasteiger partial charge < -0.3 is 14.6 Å². The highest BCUT2D eigenvalue weighted by molar-refractivity contribution is 7.89. The normalized spacial score (nSPS) is 21.0. The maximum atomic E-state index is 12.3. The van der Waals surface area contributed by atoms with E-state index in [1.165, 1.54) is 6.07 Å².